The third-order valence-electron chi connectivity index (χ3n) is 6.02. The molecule has 3 N–H and O–H groups in total. The Hall–Kier alpha value is -0.0800. The van der Waals surface area contributed by atoms with Crippen LogP contribution in [-0.2, 0) is 0 Å². The van der Waals surface area contributed by atoms with Gasteiger partial charge in [0.25, 0.3) is 0 Å². The van der Waals surface area contributed by atoms with Gasteiger partial charge in [0.2, 0.25) is 0 Å². The fraction of sp³-hybridized carbons (Fsp3) is 1.00. The molecule has 4 bridgehead atoms. The van der Waals surface area contributed by atoms with Crippen LogP contribution < -0.4 is 11.3 Å². The molecular weight excluding hydrogens is 208 g/mol. The maximum absolute atomic E-state index is 5.84. The fourth-order valence-electron chi connectivity index (χ4n) is 6.65. The second-order valence-corrected chi connectivity index (χ2v) is 8.12. The van der Waals surface area contributed by atoms with E-state index in [0.717, 1.165) is 5.92 Å². The highest BCUT2D eigenvalue weighted by Crippen LogP contribution is 2.70. The first-order valence-electron chi connectivity index (χ1n) is 7.39. The van der Waals surface area contributed by atoms with Crippen LogP contribution in [0, 0.1) is 22.2 Å². The van der Waals surface area contributed by atoms with Crippen molar-refractivity contribution in [2.45, 2.75) is 71.8 Å². The van der Waals surface area contributed by atoms with Gasteiger partial charge in [-0.05, 0) is 67.1 Å². The smallest absolute Gasteiger partial charge is 0.0264 e. The monoisotopic (exact) mass is 236 g/mol. The van der Waals surface area contributed by atoms with Gasteiger partial charge in [0.1, 0.15) is 0 Å². The van der Waals surface area contributed by atoms with Crippen LogP contribution in [0.15, 0.2) is 0 Å². The molecule has 0 saturated heterocycles. The van der Waals surface area contributed by atoms with Crippen LogP contribution in [0.3, 0.4) is 0 Å². The van der Waals surface area contributed by atoms with Gasteiger partial charge in [-0.15, -0.1) is 0 Å². The SMILES string of the molecule is CCC(NN)C12CC3CC(C)(CC(C)(C3)C1)C2. The zero-order valence-corrected chi connectivity index (χ0v) is 11.7. The molecule has 2 nitrogen and oxygen atoms in total. The molecule has 4 aliphatic rings. The number of nitrogens with two attached hydrogens (primary N) is 1. The maximum atomic E-state index is 5.84. The first-order valence-corrected chi connectivity index (χ1v) is 7.39. The summed E-state index contributed by atoms with van der Waals surface area (Å²) in [5.74, 6) is 6.82. The van der Waals surface area contributed by atoms with Crippen molar-refractivity contribution in [2.75, 3.05) is 0 Å². The van der Waals surface area contributed by atoms with E-state index in [1.165, 1.54) is 44.9 Å². The fourth-order valence-corrected chi connectivity index (χ4v) is 6.65. The minimum Gasteiger partial charge on any atom is -0.271 e. The molecule has 0 aromatic carbocycles. The lowest BCUT2D eigenvalue weighted by atomic mass is 9.39. The Morgan fingerprint density at radius 3 is 2.12 bits per heavy atom. The van der Waals surface area contributed by atoms with Gasteiger partial charge in [-0.2, -0.15) is 0 Å². The van der Waals surface area contributed by atoms with Crippen molar-refractivity contribution < 1.29 is 0 Å². The van der Waals surface area contributed by atoms with E-state index in [9.17, 15) is 0 Å². The molecule has 3 unspecified atom stereocenters. The topological polar surface area (TPSA) is 38.0 Å². The molecule has 4 fully saturated rings. The Bertz CT molecular complexity index is 303. The molecule has 0 radical (unpaired) electrons. The van der Waals surface area contributed by atoms with Crippen LogP contribution in [-0.4, -0.2) is 6.04 Å². The molecule has 0 aromatic rings. The molecule has 0 aromatic heterocycles. The van der Waals surface area contributed by atoms with Crippen LogP contribution in [0.1, 0.15) is 65.7 Å². The largest absolute Gasteiger partial charge is 0.271 e. The van der Waals surface area contributed by atoms with Gasteiger partial charge in [-0.25, -0.2) is 0 Å². The van der Waals surface area contributed by atoms with E-state index >= 15 is 0 Å². The summed E-state index contributed by atoms with van der Waals surface area (Å²) >= 11 is 0. The van der Waals surface area contributed by atoms with Crippen molar-refractivity contribution >= 4 is 0 Å². The second kappa shape index (κ2) is 3.48. The van der Waals surface area contributed by atoms with Gasteiger partial charge in [-0.3, -0.25) is 11.3 Å². The Labute approximate surface area is 106 Å². The second-order valence-electron chi connectivity index (χ2n) is 8.12. The van der Waals surface area contributed by atoms with E-state index in [0.29, 0.717) is 22.3 Å². The summed E-state index contributed by atoms with van der Waals surface area (Å²) < 4.78 is 0. The minimum atomic E-state index is 0.506. The lowest BCUT2D eigenvalue weighted by Gasteiger charge is -2.67. The number of hydrogen-bond donors (Lipinski definition) is 2. The summed E-state index contributed by atoms with van der Waals surface area (Å²) in [5.41, 5.74) is 4.87. The molecule has 3 atom stereocenters. The predicted molar refractivity (Wildman–Crippen MR) is 71.2 cm³/mol. The Kier molecular flexibility index (Phi) is 2.45. The molecule has 4 saturated carbocycles. The van der Waals surface area contributed by atoms with Gasteiger partial charge in [0, 0.05) is 6.04 Å². The molecule has 4 aliphatic carbocycles. The molecule has 98 valence electrons. The third-order valence-corrected chi connectivity index (χ3v) is 6.02. The highest BCUT2D eigenvalue weighted by Gasteiger charge is 2.61. The highest BCUT2D eigenvalue weighted by atomic mass is 15.2. The first-order chi connectivity index (χ1) is 7.93. The van der Waals surface area contributed by atoms with Gasteiger partial charge in [0.05, 0.1) is 0 Å². The lowest BCUT2D eigenvalue weighted by Crippen LogP contribution is -2.62. The van der Waals surface area contributed by atoms with Crippen molar-refractivity contribution in [2.24, 2.45) is 28.0 Å². The number of hydrogen-bond acceptors (Lipinski definition) is 2. The van der Waals surface area contributed by atoms with E-state index in [1.807, 2.05) is 0 Å². The maximum Gasteiger partial charge on any atom is 0.0264 e. The van der Waals surface area contributed by atoms with Crippen LogP contribution in [0.4, 0.5) is 0 Å². The minimum absolute atomic E-state index is 0.506. The zero-order valence-electron chi connectivity index (χ0n) is 11.7. The molecular formula is C15H28N2. The Balaban J connectivity index is 1.97. The van der Waals surface area contributed by atoms with Gasteiger partial charge < -0.3 is 0 Å². The van der Waals surface area contributed by atoms with Crippen molar-refractivity contribution in [1.29, 1.82) is 0 Å². The van der Waals surface area contributed by atoms with Gasteiger partial charge in [0.15, 0.2) is 0 Å². The van der Waals surface area contributed by atoms with E-state index < -0.39 is 0 Å². The molecule has 2 heteroatoms. The summed E-state index contributed by atoms with van der Waals surface area (Å²) in [6.45, 7) is 7.36. The molecule has 0 spiro atoms. The molecule has 0 amide bonds. The van der Waals surface area contributed by atoms with Crippen molar-refractivity contribution in [1.82, 2.24) is 5.43 Å². The molecule has 17 heavy (non-hydrogen) atoms. The van der Waals surface area contributed by atoms with E-state index in [-0.39, 0.29) is 0 Å². The summed E-state index contributed by atoms with van der Waals surface area (Å²) in [5, 5.41) is 0. The zero-order chi connectivity index (χ0) is 12.3. The number of hydrazine groups is 1. The molecule has 0 heterocycles. The van der Waals surface area contributed by atoms with Crippen LogP contribution in [0.2, 0.25) is 0 Å². The van der Waals surface area contributed by atoms with Crippen LogP contribution in [0.5, 0.6) is 0 Å². The van der Waals surface area contributed by atoms with Crippen LogP contribution >= 0.6 is 0 Å². The van der Waals surface area contributed by atoms with Crippen molar-refractivity contribution in [3.05, 3.63) is 0 Å². The van der Waals surface area contributed by atoms with E-state index in [2.05, 4.69) is 26.2 Å². The summed E-state index contributed by atoms with van der Waals surface area (Å²) in [6, 6.07) is 0.532. The summed E-state index contributed by atoms with van der Waals surface area (Å²) in [6.07, 6.45) is 9.84. The van der Waals surface area contributed by atoms with Gasteiger partial charge in [-0.1, -0.05) is 20.8 Å². The van der Waals surface area contributed by atoms with Crippen molar-refractivity contribution in [3.8, 4) is 0 Å². The molecule has 4 rings (SSSR count). The normalized spacial score (nSPS) is 54.0. The standard InChI is InChI=1S/C15H28N2/c1-4-12(17-16)15-7-11-5-13(2,9-15)8-14(3,6-11)10-15/h11-12,17H,4-10,16H2,1-3H3. The Morgan fingerprint density at radius 2 is 1.71 bits per heavy atom. The van der Waals surface area contributed by atoms with Crippen LogP contribution in [0.25, 0.3) is 0 Å². The average Bonchev–Trinajstić information content (AvgIpc) is 2.12. The average molecular weight is 236 g/mol. The number of rotatable bonds is 3. The Morgan fingerprint density at radius 1 is 1.12 bits per heavy atom. The van der Waals surface area contributed by atoms with Gasteiger partial charge >= 0.3 is 0 Å². The number of nitrogens with one attached hydrogen (secondary N) is 1. The first kappa shape index (κ1) is 12.0. The van der Waals surface area contributed by atoms with E-state index in [1.54, 1.807) is 0 Å². The quantitative estimate of drug-likeness (QED) is 0.583. The predicted octanol–water partition coefficient (Wildman–Crippen LogP) is 3.22. The van der Waals surface area contributed by atoms with Crippen molar-refractivity contribution in [3.63, 3.8) is 0 Å². The van der Waals surface area contributed by atoms with E-state index in [4.69, 9.17) is 5.84 Å². The summed E-state index contributed by atoms with van der Waals surface area (Å²) in [4.78, 5) is 0. The molecule has 0 aliphatic heterocycles. The highest BCUT2D eigenvalue weighted by molar-refractivity contribution is 5.13. The lowest BCUT2D eigenvalue weighted by molar-refractivity contribution is -0.158. The third kappa shape index (κ3) is 1.67. The summed E-state index contributed by atoms with van der Waals surface area (Å²) in [7, 11) is 0.